The van der Waals surface area contributed by atoms with E-state index in [1.54, 1.807) is 12.1 Å². The Hall–Kier alpha value is -2.31. The van der Waals surface area contributed by atoms with E-state index in [9.17, 15) is 9.18 Å². The number of piperidine rings is 1. The summed E-state index contributed by atoms with van der Waals surface area (Å²) in [7, 11) is 0. The Labute approximate surface area is 146 Å². The summed E-state index contributed by atoms with van der Waals surface area (Å²) in [4.78, 5) is 15.8. The molecule has 2 aromatic rings. The van der Waals surface area contributed by atoms with E-state index in [1.807, 2.05) is 4.90 Å². The van der Waals surface area contributed by atoms with Crippen molar-refractivity contribution in [2.45, 2.75) is 38.6 Å². The predicted molar refractivity (Wildman–Crippen MR) is 89.9 cm³/mol. The first-order valence-corrected chi connectivity index (χ1v) is 9.00. The lowest BCUT2D eigenvalue weighted by molar-refractivity contribution is -0.135. The molecule has 132 valence electrons. The SMILES string of the molecule is O=C(Cn1nnc(-c2cccc(F)c2)n1)N1CC[C@H]2CCCC[C@@H]2C1. The normalized spacial score (nSPS) is 23.3. The number of benzene rings is 1. The molecular weight excluding hydrogens is 321 g/mol. The zero-order chi connectivity index (χ0) is 17.2. The van der Waals surface area contributed by atoms with Crippen molar-refractivity contribution < 1.29 is 9.18 Å². The van der Waals surface area contributed by atoms with Gasteiger partial charge in [0, 0.05) is 18.7 Å². The standard InChI is InChI=1S/C18H22FN5O/c19-16-7-3-6-14(10-16)18-20-22-24(21-18)12-17(25)23-9-8-13-4-1-2-5-15(13)11-23/h3,6-7,10,13,15H,1-2,4-5,8-9,11-12H2/t13-,15-/m1/s1. The van der Waals surface area contributed by atoms with E-state index in [-0.39, 0.29) is 18.3 Å². The highest BCUT2D eigenvalue weighted by Gasteiger charge is 2.33. The Kier molecular flexibility index (Phi) is 4.46. The first-order valence-electron chi connectivity index (χ1n) is 9.00. The van der Waals surface area contributed by atoms with Gasteiger partial charge in [-0.1, -0.05) is 31.4 Å². The van der Waals surface area contributed by atoms with E-state index in [0.717, 1.165) is 25.4 Å². The zero-order valence-corrected chi connectivity index (χ0v) is 14.1. The van der Waals surface area contributed by atoms with Crippen LogP contribution in [0.4, 0.5) is 4.39 Å². The summed E-state index contributed by atoms with van der Waals surface area (Å²) < 4.78 is 13.3. The molecule has 1 amide bonds. The largest absolute Gasteiger partial charge is 0.341 e. The average Bonchev–Trinajstić information content (AvgIpc) is 3.10. The first-order chi connectivity index (χ1) is 12.2. The van der Waals surface area contributed by atoms with Crippen LogP contribution in [0, 0.1) is 17.7 Å². The van der Waals surface area contributed by atoms with E-state index < -0.39 is 0 Å². The lowest BCUT2D eigenvalue weighted by atomic mass is 9.75. The summed E-state index contributed by atoms with van der Waals surface area (Å²) in [6.07, 6.45) is 6.27. The van der Waals surface area contributed by atoms with Gasteiger partial charge in [0.15, 0.2) is 0 Å². The van der Waals surface area contributed by atoms with E-state index in [2.05, 4.69) is 15.4 Å². The van der Waals surface area contributed by atoms with Gasteiger partial charge in [-0.2, -0.15) is 4.80 Å². The Bertz CT molecular complexity index is 761. The van der Waals surface area contributed by atoms with Crippen LogP contribution < -0.4 is 0 Å². The molecule has 1 saturated carbocycles. The van der Waals surface area contributed by atoms with Crippen LogP contribution in [0.25, 0.3) is 11.4 Å². The Morgan fingerprint density at radius 1 is 1.20 bits per heavy atom. The number of amides is 1. The van der Waals surface area contributed by atoms with Crippen molar-refractivity contribution in [2.75, 3.05) is 13.1 Å². The van der Waals surface area contributed by atoms with Gasteiger partial charge in [-0.15, -0.1) is 10.2 Å². The van der Waals surface area contributed by atoms with Crippen molar-refractivity contribution >= 4 is 5.91 Å². The minimum atomic E-state index is -0.347. The minimum Gasteiger partial charge on any atom is -0.341 e. The molecule has 25 heavy (non-hydrogen) atoms. The number of aromatic nitrogens is 4. The molecule has 0 N–H and O–H groups in total. The maximum Gasteiger partial charge on any atom is 0.246 e. The van der Waals surface area contributed by atoms with Crippen LogP contribution in [-0.4, -0.2) is 44.1 Å². The van der Waals surface area contributed by atoms with Crippen molar-refractivity contribution in [3.8, 4) is 11.4 Å². The Balaban J connectivity index is 1.40. The summed E-state index contributed by atoms with van der Waals surface area (Å²) >= 11 is 0. The Morgan fingerprint density at radius 3 is 2.88 bits per heavy atom. The fraction of sp³-hybridized carbons (Fsp3) is 0.556. The summed E-state index contributed by atoms with van der Waals surface area (Å²) in [5, 5.41) is 12.1. The highest BCUT2D eigenvalue weighted by Crippen LogP contribution is 2.36. The van der Waals surface area contributed by atoms with Gasteiger partial charge < -0.3 is 4.90 Å². The summed E-state index contributed by atoms with van der Waals surface area (Å²) in [6, 6.07) is 6.05. The molecule has 6 nitrogen and oxygen atoms in total. The van der Waals surface area contributed by atoms with Crippen molar-refractivity contribution in [1.29, 1.82) is 0 Å². The van der Waals surface area contributed by atoms with Crippen LogP contribution in [0.1, 0.15) is 32.1 Å². The van der Waals surface area contributed by atoms with Gasteiger partial charge >= 0.3 is 0 Å². The smallest absolute Gasteiger partial charge is 0.246 e. The van der Waals surface area contributed by atoms with Crippen LogP contribution in [-0.2, 0) is 11.3 Å². The zero-order valence-electron chi connectivity index (χ0n) is 14.1. The molecule has 1 aromatic carbocycles. The molecule has 0 unspecified atom stereocenters. The maximum atomic E-state index is 13.3. The Morgan fingerprint density at radius 2 is 2.04 bits per heavy atom. The fourth-order valence-corrected chi connectivity index (χ4v) is 4.10. The third kappa shape index (κ3) is 3.55. The number of nitrogens with zero attached hydrogens (tertiary/aromatic N) is 5. The predicted octanol–water partition coefficient (Wildman–Crippen LogP) is 2.52. The number of halogens is 1. The maximum absolute atomic E-state index is 13.3. The van der Waals surface area contributed by atoms with E-state index in [4.69, 9.17) is 0 Å². The van der Waals surface area contributed by atoms with Crippen LogP contribution in [0.2, 0.25) is 0 Å². The average molecular weight is 343 g/mol. The molecule has 1 aliphatic heterocycles. The molecule has 2 fully saturated rings. The number of hydrogen-bond acceptors (Lipinski definition) is 4. The van der Waals surface area contributed by atoms with Crippen LogP contribution in [0.15, 0.2) is 24.3 Å². The van der Waals surface area contributed by atoms with E-state index in [1.165, 1.54) is 42.6 Å². The summed E-state index contributed by atoms with van der Waals surface area (Å²) in [6.45, 7) is 1.76. The van der Waals surface area contributed by atoms with Crippen molar-refractivity contribution in [3.63, 3.8) is 0 Å². The highest BCUT2D eigenvalue weighted by molar-refractivity contribution is 5.76. The molecule has 0 bridgehead atoms. The number of fused-ring (bicyclic) bond motifs is 1. The number of carbonyl (C=O) groups is 1. The molecule has 2 atom stereocenters. The lowest BCUT2D eigenvalue weighted by Gasteiger charge is -2.41. The molecule has 1 aliphatic carbocycles. The molecule has 1 aromatic heterocycles. The molecule has 4 rings (SSSR count). The van der Waals surface area contributed by atoms with E-state index in [0.29, 0.717) is 17.3 Å². The molecule has 1 saturated heterocycles. The van der Waals surface area contributed by atoms with Gasteiger partial charge in [0.1, 0.15) is 12.4 Å². The van der Waals surface area contributed by atoms with Gasteiger partial charge in [-0.25, -0.2) is 4.39 Å². The van der Waals surface area contributed by atoms with Crippen LogP contribution in [0.5, 0.6) is 0 Å². The second kappa shape index (κ2) is 6.90. The monoisotopic (exact) mass is 343 g/mol. The molecular formula is C18H22FN5O. The third-order valence-corrected chi connectivity index (χ3v) is 5.46. The molecule has 2 heterocycles. The minimum absolute atomic E-state index is 0.0345. The third-order valence-electron chi connectivity index (χ3n) is 5.46. The molecule has 7 heteroatoms. The van der Waals surface area contributed by atoms with Crippen molar-refractivity contribution in [1.82, 2.24) is 25.1 Å². The molecule has 0 spiro atoms. The lowest BCUT2D eigenvalue weighted by Crippen LogP contribution is -2.46. The topological polar surface area (TPSA) is 63.9 Å². The quantitative estimate of drug-likeness (QED) is 0.859. The number of tetrazole rings is 1. The van der Waals surface area contributed by atoms with Crippen molar-refractivity contribution in [2.24, 2.45) is 11.8 Å². The number of likely N-dealkylation sites (tertiary alicyclic amines) is 1. The second-order valence-corrected chi connectivity index (χ2v) is 7.09. The number of hydrogen-bond donors (Lipinski definition) is 0. The fourth-order valence-electron chi connectivity index (χ4n) is 4.10. The van der Waals surface area contributed by atoms with Gasteiger partial charge in [0.05, 0.1) is 0 Å². The van der Waals surface area contributed by atoms with Crippen LogP contribution >= 0.6 is 0 Å². The molecule has 2 aliphatic rings. The second-order valence-electron chi connectivity index (χ2n) is 7.09. The van der Waals surface area contributed by atoms with Gasteiger partial charge in [0.25, 0.3) is 0 Å². The van der Waals surface area contributed by atoms with E-state index >= 15 is 0 Å². The van der Waals surface area contributed by atoms with Gasteiger partial charge in [0.2, 0.25) is 11.7 Å². The van der Waals surface area contributed by atoms with Crippen LogP contribution in [0.3, 0.4) is 0 Å². The summed E-state index contributed by atoms with van der Waals surface area (Å²) in [5.41, 5.74) is 0.557. The number of carbonyl (C=O) groups excluding carboxylic acids is 1. The van der Waals surface area contributed by atoms with Gasteiger partial charge in [-0.3, -0.25) is 4.79 Å². The van der Waals surface area contributed by atoms with Gasteiger partial charge in [-0.05, 0) is 42.0 Å². The summed E-state index contributed by atoms with van der Waals surface area (Å²) in [5.74, 6) is 1.46. The number of rotatable bonds is 3. The molecule has 0 radical (unpaired) electrons. The highest BCUT2D eigenvalue weighted by atomic mass is 19.1. The first kappa shape index (κ1) is 16.2. The van der Waals surface area contributed by atoms with Crippen molar-refractivity contribution in [3.05, 3.63) is 30.1 Å².